The van der Waals surface area contributed by atoms with E-state index in [1.54, 1.807) is 0 Å². The van der Waals surface area contributed by atoms with Crippen molar-refractivity contribution in [3.63, 3.8) is 0 Å². The first kappa shape index (κ1) is 17.8. The zero-order chi connectivity index (χ0) is 18.7. The molecule has 0 saturated carbocycles. The van der Waals surface area contributed by atoms with Crippen LogP contribution in [0.15, 0.2) is 48.5 Å². The molecule has 0 radical (unpaired) electrons. The molecule has 6 heteroatoms. The molecule has 1 heterocycles. The van der Waals surface area contributed by atoms with Crippen molar-refractivity contribution in [3.8, 4) is 5.69 Å². The standard InChI is InChI=1S/C20H19F2N3O/c1-13-9-14(2)25(24-13)19-6-3-15(4-7-19)5-8-20(26)23-18-11-16(21)10-17(22)12-18/h3-4,6-7,9-12H,5,8H2,1-2H3,(H,23,26). The highest BCUT2D eigenvalue weighted by Gasteiger charge is 2.07. The highest BCUT2D eigenvalue weighted by Crippen LogP contribution is 2.16. The first-order chi connectivity index (χ1) is 12.4. The number of carbonyl (C=O) groups excluding carboxylic acids is 1. The summed E-state index contributed by atoms with van der Waals surface area (Å²) in [5.74, 6) is -1.74. The predicted molar refractivity (Wildman–Crippen MR) is 96.3 cm³/mol. The fourth-order valence-electron chi connectivity index (χ4n) is 2.80. The zero-order valence-corrected chi connectivity index (χ0v) is 14.6. The van der Waals surface area contributed by atoms with Crippen LogP contribution >= 0.6 is 0 Å². The Morgan fingerprint density at radius 1 is 1.04 bits per heavy atom. The molecule has 2 aromatic carbocycles. The number of nitrogens with zero attached hydrogens (tertiary/aromatic N) is 2. The van der Waals surface area contributed by atoms with Crippen LogP contribution in [0.2, 0.25) is 0 Å². The van der Waals surface area contributed by atoms with Crippen molar-refractivity contribution in [2.24, 2.45) is 0 Å². The van der Waals surface area contributed by atoms with E-state index in [4.69, 9.17) is 0 Å². The fraction of sp³-hybridized carbons (Fsp3) is 0.200. The van der Waals surface area contributed by atoms with E-state index in [2.05, 4.69) is 10.4 Å². The highest BCUT2D eigenvalue weighted by molar-refractivity contribution is 5.90. The Bertz CT molecular complexity index is 912. The monoisotopic (exact) mass is 355 g/mol. The second kappa shape index (κ2) is 7.47. The predicted octanol–water partition coefficient (Wildman–Crippen LogP) is 4.34. The van der Waals surface area contributed by atoms with E-state index in [9.17, 15) is 13.6 Å². The van der Waals surface area contributed by atoms with E-state index in [1.807, 2.05) is 48.9 Å². The van der Waals surface area contributed by atoms with Gasteiger partial charge in [-0.05, 0) is 56.2 Å². The van der Waals surface area contributed by atoms with Crippen molar-refractivity contribution in [2.75, 3.05) is 5.32 Å². The molecular formula is C20H19F2N3O. The number of amides is 1. The summed E-state index contributed by atoms with van der Waals surface area (Å²) in [7, 11) is 0. The Kier molecular flexibility index (Phi) is 5.11. The lowest BCUT2D eigenvalue weighted by Gasteiger charge is -2.08. The average Bonchev–Trinajstić information content (AvgIpc) is 2.91. The molecular weight excluding hydrogens is 336 g/mol. The van der Waals surface area contributed by atoms with Crippen LogP contribution in [0, 0.1) is 25.5 Å². The van der Waals surface area contributed by atoms with E-state index in [-0.39, 0.29) is 18.0 Å². The Morgan fingerprint density at radius 3 is 2.27 bits per heavy atom. The molecule has 0 spiro atoms. The molecule has 0 fully saturated rings. The smallest absolute Gasteiger partial charge is 0.224 e. The number of carbonyl (C=O) groups is 1. The number of halogens is 2. The first-order valence-electron chi connectivity index (χ1n) is 8.29. The van der Waals surface area contributed by atoms with Gasteiger partial charge >= 0.3 is 0 Å². The molecule has 3 rings (SSSR count). The van der Waals surface area contributed by atoms with Crippen molar-refractivity contribution in [1.29, 1.82) is 0 Å². The van der Waals surface area contributed by atoms with Gasteiger partial charge in [0, 0.05) is 23.9 Å². The van der Waals surface area contributed by atoms with Gasteiger partial charge in [-0.25, -0.2) is 13.5 Å². The van der Waals surface area contributed by atoms with E-state index < -0.39 is 11.6 Å². The average molecular weight is 355 g/mol. The fourth-order valence-corrected chi connectivity index (χ4v) is 2.80. The Morgan fingerprint density at radius 2 is 1.69 bits per heavy atom. The minimum Gasteiger partial charge on any atom is -0.326 e. The quantitative estimate of drug-likeness (QED) is 0.740. The number of anilines is 1. The number of hydrogen-bond donors (Lipinski definition) is 1. The van der Waals surface area contributed by atoms with Crippen molar-refractivity contribution in [2.45, 2.75) is 26.7 Å². The van der Waals surface area contributed by atoms with E-state index >= 15 is 0 Å². The highest BCUT2D eigenvalue weighted by atomic mass is 19.1. The van der Waals surface area contributed by atoms with Crippen molar-refractivity contribution < 1.29 is 13.6 Å². The molecule has 134 valence electrons. The van der Waals surface area contributed by atoms with Gasteiger partial charge in [-0.1, -0.05) is 12.1 Å². The molecule has 0 saturated heterocycles. The van der Waals surface area contributed by atoms with Gasteiger partial charge in [-0.2, -0.15) is 5.10 Å². The van der Waals surface area contributed by atoms with Crippen molar-refractivity contribution in [3.05, 3.63) is 77.1 Å². The topological polar surface area (TPSA) is 46.9 Å². The molecule has 0 aliphatic rings. The minimum atomic E-state index is -0.722. The number of nitrogens with one attached hydrogen (secondary N) is 1. The van der Waals surface area contributed by atoms with Gasteiger partial charge < -0.3 is 5.32 Å². The summed E-state index contributed by atoms with van der Waals surface area (Å²) in [5.41, 5.74) is 4.08. The third kappa shape index (κ3) is 4.33. The minimum absolute atomic E-state index is 0.118. The largest absolute Gasteiger partial charge is 0.326 e. The van der Waals surface area contributed by atoms with E-state index in [0.717, 1.165) is 40.8 Å². The van der Waals surface area contributed by atoms with Gasteiger partial charge in [0.1, 0.15) is 11.6 Å². The van der Waals surface area contributed by atoms with Gasteiger partial charge in [0.05, 0.1) is 11.4 Å². The maximum Gasteiger partial charge on any atom is 0.224 e. The van der Waals surface area contributed by atoms with Crippen LogP contribution in [-0.2, 0) is 11.2 Å². The van der Waals surface area contributed by atoms with Gasteiger partial charge in [0.2, 0.25) is 5.91 Å². The van der Waals surface area contributed by atoms with Crippen LogP contribution in [0.1, 0.15) is 23.4 Å². The van der Waals surface area contributed by atoms with Gasteiger partial charge in [0.25, 0.3) is 0 Å². The molecule has 1 N–H and O–H groups in total. The second-order valence-corrected chi connectivity index (χ2v) is 6.21. The molecule has 0 aliphatic carbocycles. The molecule has 0 atom stereocenters. The SMILES string of the molecule is Cc1cc(C)n(-c2ccc(CCC(=O)Nc3cc(F)cc(F)c3)cc2)n1. The first-order valence-corrected chi connectivity index (χ1v) is 8.29. The molecule has 3 aromatic rings. The van der Waals surface area contributed by atoms with Crippen LogP contribution in [0.5, 0.6) is 0 Å². The maximum absolute atomic E-state index is 13.1. The maximum atomic E-state index is 13.1. The van der Waals surface area contributed by atoms with Crippen molar-refractivity contribution >= 4 is 11.6 Å². The van der Waals surface area contributed by atoms with Crippen LogP contribution in [0.3, 0.4) is 0 Å². The molecule has 1 aromatic heterocycles. The molecule has 4 nitrogen and oxygen atoms in total. The van der Waals surface area contributed by atoms with Crippen molar-refractivity contribution in [1.82, 2.24) is 9.78 Å². The van der Waals surface area contributed by atoms with Crippen LogP contribution in [0.25, 0.3) is 5.69 Å². The molecule has 0 unspecified atom stereocenters. The molecule has 0 aliphatic heterocycles. The summed E-state index contributed by atoms with van der Waals surface area (Å²) in [4.78, 5) is 12.0. The summed E-state index contributed by atoms with van der Waals surface area (Å²) >= 11 is 0. The summed E-state index contributed by atoms with van der Waals surface area (Å²) in [6.45, 7) is 3.94. The van der Waals surface area contributed by atoms with Crippen LogP contribution in [-0.4, -0.2) is 15.7 Å². The summed E-state index contributed by atoms with van der Waals surface area (Å²) in [6, 6.07) is 12.7. The molecule has 1 amide bonds. The van der Waals surface area contributed by atoms with Gasteiger partial charge in [-0.3, -0.25) is 4.79 Å². The third-order valence-corrected chi connectivity index (χ3v) is 3.98. The normalized spacial score (nSPS) is 10.8. The summed E-state index contributed by atoms with van der Waals surface area (Å²) in [6.07, 6.45) is 0.748. The summed E-state index contributed by atoms with van der Waals surface area (Å²) < 4.78 is 28.1. The zero-order valence-electron chi connectivity index (χ0n) is 14.6. The van der Waals surface area contributed by atoms with Crippen LogP contribution in [0.4, 0.5) is 14.5 Å². The summed E-state index contributed by atoms with van der Waals surface area (Å²) in [5, 5.41) is 6.94. The Hall–Kier alpha value is -3.02. The number of benzene rings is 2. The molecule has 0 bridgehead atoms. The van der Waals surface area contributed by atoms with E-state index in [1.165, 1.54) is 0 Å². The Balaban J connectivity index is 1.59. The number of rotatable bonds is 5. The van der Waals surface area contributed by atoms with E-state index in [0.29, 0.717) is 6.42 Å². The number of hydrogen-bond acceptors (Lipinski definition) is 2. The van der Waals surface area contributed by atoms with Gasteiger partial charge in [0.15, 0.2) is 0 Å². The third-order valence-electron chi connectivity index (χ3n) is 3.98. The molecule has 26 heavy (non-hydrogen) atoms. The lowest BCUT2D eigenvalue weighted by Crippen LogP contribution is -2.12. The van der Waals surface area contributed by atoms with Gasteiger partial charge in [-0.15, -0.1) is 0 Å². The second-order valence-electron chi connectivity index (χ2n) is 6.21. The number of aryl methyl sites for hydroxylation is 3. The lowest BCUT2D eigenvalue weighted by atomic mass is 10.1. The number of aromatic nitrogens is 2. The lowest BCUT2D eigenvalue weighted by molar-refractivity contribution is -0.116. The van der Waals surface area contributed by atoms with Crippen LogP contribution < -0.4 is 5.32 Å². The Labute approximate surface area is 150 Å².